The van der Waals surface area contributed by atoms with Crippen molar-refractivity contribution < 1.29 is 9.47 Å². The van der Waals surface area contributed by atoms with Crippen LogP contribution < -0.4 is 15.8 Å². The van der Waals surface area contributed by atoms with Gasteiger partial charge in [0.15, 0.2) is 5.96 Å². The molecule has 0 bridgehead atoms. The molecule has 3 N–H and O–H groups in total. The number of rotatable bonds is 5. The highest BCUT2D eigenvalue weighted by Crippen LogP contribution is 2.35. The van der Waals surface area contributed by atoms with E-state index in [0.717, 1.165) is 38.3 Å². The standard InChI is InChI=1S/C16H25N3O2/c1-3-21-14-6-4-13(5-7-14)16(8-10-20-11-9-16)12-19-15(17)18-2/h4-7H,3,8-12H2,1-2H3,(H3,17,18,19). The Morgan fingerprint density at radius 1 is 1.33 bits per heavy atom. The number of guanidine groups is 1. The highest BCUT2D eigenvalue weighted by molar-refractivity contribution is 5.77. The average Bonchev–Trinajstić information content (AvgIpc) is 2.54. The van der Waals surface area contributed by atoms with Crippen molar-refractivity contribution in [2.75, 3.05) is 33.4 Å². The third-order valence-corrected chi connectivity index (χ3v) is 4.08. The lowest BCUT2D eigenvalue weighted by Crippen LogP contribution is -2.46. The van der Waals surface area contributed by atoms with Gasteiger partial charge in [-0.25, -0.2) is 0 Å². The summed E-state index contributed by atoms with van der Waals surface area (Å²) in [6, 6.07) is 8.37. The van der Waals surface area contributed by atoms with Crippen molar-refractivity contribution >= 4 is 5.96 Å². The summed E-state index contributed by atoms with van der Waals surface area (Å²) in [6.07, 6.45) is 1.95. The number of aliphatic imine (C=N–C) groups is 1. The summed E-state index contributed by atoms with van der Waals surface area (Å²) >= 11 is 0. The summed E-state index contributed by atoms with van der Waals surface area (Å²) in [4.78, 5) is 3.97. The average molecular weight is 291 g/mol. The molecule has 0 aliphatic carbocycles. The van der Waals surface area contributed by atoms with Gasteiger partial charge in [0.1, 0.15) is 5.75 Å². The number of nitrogens with one attached hydrogen (secondary N) is 1. The SMILES string of the molecule is CCOc1ccc(C2(CNC(N)=NC)CCOCC2)cc1. The molecule has 116 valence electrons. The fourth-order valence-corrected chi connectivity index (χ4v) is 2.74. The molecule has 1 saturated heterocycles. The van der Waals surface area contributed by atoms with Crippen LogP contribution in [0, 0.1) is 0 Å². The van der Waals surface area contributed by atoms with Crippen molar-refractivity contribution in [1.29, 1.82) is 0 Å². The molecular weight excluding hydrogens is 266 g/mol. The summed E-state index contributed by atoms with van der Waals surface area (Å²) in [5.41, 5.74) is 7.12. The molecule has 21 heavy (non-hydrogen) atoms. The molecule has 0 aromatic heterocycles. The van der Waals surface area contributed by atoms with Crippen molar-refractivity contribution in [3.8, 4) is 5.75 Å². The van der Waals surface area contributed by atoms with Gasteiger partial charge in [0.05, 0.1) is 6.61 Å². The van der Waals surface area contributed by atoms with Gasteiger partial charge in [-0.05, 0) is 37.5 Å². The van der Waals surface area contributed by atoms with Crippen LogP contribution in [0.2, 0.25) is 0 Å². The minimum absolute atomic E-state index is 0.0400. The zero-order valence-corrected chi connectivity index (χ0v) is 12.9. The van der Waals surface area contributed by atoms with Crippen molar-refractivity contribution in [2.45, 2.75) is 25.2 Å². The molecule has 0 saturated carbocycles. The van der Waals surface area contributed by atoms with E-state index in [2.05, 4.69) is 22.4 Å². The van der Waals surface area contributed by atoms with Crippen LogP contribution in [0.1, 0.15) is 25.3 Å². The van der Waals surface area contributed by atoms with Crippen LogP contribution in [0.3, 0.4) is 0 Å². The molecule has 0 amide bonds. The second-order valence-electron chi connectivity index (χ2n) is 5.31. The Balaban J connectivity index is 2.18. The third-order valence-electron chi connectivity index (χ3n) is 4.08. The molecule has 0 atom stereocenters. The first kappa shape index (κ1) is 15.6. The minimum Gasteiger partial charge on any atom is -0.494 e. The number of hydrogen-bond donors (Lipinski definition) is 2. The van der Waals surface area contributed by atoms with Crippen molar-refractivity contribution in [3.63, 3.8) is 0 Å². The predicted molar refractivity (Wildman–Crippen MR) is 84.9 cm³/mol. The van der Waals surface area contributed by atoms with Gasteiger partial charge in [0, 0.05) is 32.2 Å². The van der Waals surface area contributed by atoms with E-state index < -0.39 is 0 Å². The summed E-state index contributed by atoms with van der Waals surface area (Å²) in [5.74, 6) is 1.39. The molecule has 0 radical (unpaired) electrons. The predicted octanol–water partition coefficient (Wildman–Crippen LogP) is 1.67. The Morgan fingerprint density at radius 3 is 2.57 bits per heavy atom. The number of benzene rings is 1. The van der Waals surface area contributed by atoms with E-state index in [1.807, 2.05) is 19.1 Å². The van der Waals surface area contributed by atoms with E-state index in [1.54, 1.807) is 7.05 Å². The lowest BCUT2D eigenvalue weighted by atomic mass is 9.74. The van der Waals surface area contributed by atoms with Crippen molar-refractivity contribution in [1.82, 2.24) is 5.32 Å². The summed E-state index contributed by atoms with van der Waals surface area (Å²) < 4.78 is 11.0. The molecule has 1 aliphatic heterocycles. The van der Waals surface area contributed by atoms with E-state index in [1.165, 1.54) is 5.56 Å². The number of nitrogens with two attached hydrogens (primary N) is 1. The molecule has 2 rings (SSSR count). The van der Waals surface area contributed by atoms with Gasteiger partial charge in [0.25, 0.3) is 0 Å². The van der Waals surface area contributed by atoms with Crippen molar-refractivity contribution in [3.05, 3.63) is 29.8 Å². The monoisotopic (exact) mass is 291 g/mol. The second kappa shape index (κ2) is 7.31. The lowest BCUT2D eigenvalue weighted by Gasteiger charge is -2.38. The van der Waals surface area contributed by atoms with Crippen LogP contribution in [0.4, 0.5) is 0 Å². The third kappa shape index (κ3) is 3.88. The maximum absolute atomic E-state index is 5.78. The molecule has 1 aromatic rings. The Labute approximate surface area is 126 Å². The van der Waals surface area contributed by atoms with Gasteiger partial charge in [-0.2, -0.15) is 0 Å². The smallest absolute Gasteiger partial charge is 0.188 e. The molecule has 1 aliphatic rings. The Kier molecular flexibility index (Phi) is 5.44. The van der Waals surface area contributed by atoms with E-state index in [9.17, 15) is 0 Å². The van der Waals surface area contributed by atoms with Crippen LogP contribution in [-0.2, 0) is 10.2 Å². The fraction of sp³-hybridized carbons (Fsp3) is 0.562. The maximum atomic E-state index is 5.78. The van der Waals surface area contributed by atoms with E-state index in [-0.39, 0.29) is 5.41 Å². The van der Waals surface area contributed by atoms with Gasteiger partial charge in [-0.1, -0.05) is 12.1 Å². The van der Waals surface area contributed by atoms with Gasteiger partial charge < -0.3 is 20.5 Å². The number of ether oxygens (including phenoxy) is 2. The Bertz CT molecular complexity index is 465. The summed E-state index contributed by atoms with van der Waals surface area (Å²) in [6.45, 7) is 5.00. The molecular formula is C16H25N3O2. The lowest BCUT2D eigenvalue weighted by molar-refractivity contribution is 0.0514. The maximum Gasteiger partial charge on any atom is 0.188 e. The summed E-state index contributed by atoms with van der Waals surface area (Å²) in [7, 11) is 1.69. The second-order valence-corrected chi connectivity index (χ2v) is 5.31. The van der Waals surface area contributed by atoms with E-state index in [0.29, 0.717) is 12.6 Å². The van der Waals surface area contributed by atoms with Gasteiger partial charge in [-0.3, -0.25) is 4.99 Å². The number of hydrogen-bond acceptors (Lipinski definition) is 3. The van der Waals surface area contributed by atoms with Crippen LogP contribution in [-0.4, -0.2) is 39.4 Å². The molecule has 5 heteroatoms. The van der Waals surface area contributed by atoms with E-state index in [4.69, 9.17) is 15.2 Å². The van der Waals surface area contributed by atoms with Gasteiger partial charge >= 0.3 is 0 Å². The Hall–Kier alpha value is -1.75. The molecule has 5 nitrogen and oxygen atoms in total. The fourth-order valence-electron chi connectivity index (χ4n) is 2.74. The van der Waals surface area contributed by atoms with Crippen LogP contribution in [0.5, 0.6) is 5.75 Å². The zero-order chi connectivity index (χ0) is 15.1. The normalized spacial score (nSPS) is 18.3. The minimum atomic E-state index is 0.0400. The first-order valence-corrected chi connectivity index (χ1v) is 7.47. The molecule has 0 unspecified atom stereocenters. The molecule has 1 aromatic carbocycles. The molecule has 1 heterocycles. The molecule has 1 fully saturated rings. The van der Waals surface area contributed by atoms with Crippen molar-refractivity contribution in [2.24, 2.45) is 10.7 Å². The van der Waals surface area contributed by atoms with Crippen LogP contribution in [0.25, 0.3) is 0 Å². The first-order valence-electron chi connectivity index (χ1n) is 7.47. The zero-order valence-electron chi connectivity index (χ0n) is 12.9. The van der Waals surface area contributed by atoms with Gasteiger partial charge in [0.2, 0.25) is 0 Å². The van der Waals surface area contributed by atoms with Crippen LogP contribution in [0.15, 0.2) is 29.3 Å². The van der Waals surface area contributed by atoms with E-state index >= 15 is 0 Å². The Morgan fingerprint density at radius 2 is 2.00 bits per heavy atom. The van der Waals surface area contributed by atoms with Gasteiger partial charge in [-0.15, -0.1) is 0 Å². The first-order chi connectivity index (χ1) is 10.2. The van der Waals surface area contributed by atoms with Crippen LogP contribution >= 0.6 is 0 Å². The quantitative estimate of drug-likeness (QED) is 0.639. The molecule has 0 spiro atoms. The number of nitrogens with zero attached hydrogens (tertiary/aromatic N) is 1. The highest BCUT2D eigenvalue weighted by atomic mass is 16.5. The highest BCUT2D eigenvalue weighted by Gasteiger charge is 2.34. The largest absolute Gasteiger partial charge is 0.494 e. The summed E-state index contributed by atoms with van der Waals surface area (Å²) in [5, 5.41) is 3.22. The topological polar surface area (TPSA) is 68.9 Å².